The van der Waals surface area contributed by atoms with Crippen LogP contribution in [0.1, 0.15) is 55.3 Å². The number of ether oxygens (including phenoxy) is 2. The predicted molar refractivity (Wildman–Crippen MR) is 132 cm³/mol. The van der Waals surface area contributed by atoms with Crippen LogP contribution in [0.15, 0.2) is 60.7 Å². The van der Waals surface area contributed by atoms with Crippen LogP contribution >= 0.6 is 0 Å². The second-order valence-corrected chi connectivity index (χ2v) is 7.40. The molecule has 0 aliphatic carbocycles. The van der Waals surface area contributed by atoms with E-state index in [1.165, 1.54) is 36.4 Å². The first kappa shape index (κ1) is 25.8. The van der Waals surface area contributed by atoms with Crippen molar-refractivity contribution in [3.63, 3.8) is 0 Å². The molecule has 0 amide bonds. The average Bonchev–Trinajstić information content (AvgIpc) is 2.85. The third kappa shape index (κ3) is 6.17. The van der Waals surface area contributed by atoms with Crippen molar-refractivity contribution in [2.75, 3.05) is 23.8 Å². The number of carboxylic acid groups (broad SMARTS) is 2. The number of hydrogen-bond acceptors (Lipinski definition) is 8. The van der Waals surface area contributed by atoms with Gasteiger partial charge in [-0.3, -0.25) is 0 Å². The second-order valence-electron chi connectivity index (χ2n) is 7.40. The van der Waals surface area contributed by atoms with E-state index in [0.717, 1.165) is 0 Å². The molecule has 0 radical (unpaired) electrons. The lowest BCUT2D eigenvalue weighted by molar-refractivity contribution is 0.0517. The molecule has 0 aromatic heterocycles. The number of carbonyl (C=O) groups excluding carboxylic acids is 2. The quantitative estimate of drug-likeness (QED) is 0.287. The number of anilines is 4. The Morgan fingerprint density at radius 2 is 0.972 bits per heavy atom. The first-order valence-electron chi connectivity index (χ1n) is 11.0. The van der Waals surface area contributed by atoms with Gasteiger partial charge in [0, 0.05) is 11.4 Å². The number of nitrogens with one attached hydrogen (secondary N) is 2. The first-order chi connectivity index (χ1) is 17.2. The van der Waals surface area contributed by atoms with Crippen LogP contribution in [0, 0.1) is 0 Å². The molecule has 0 saturated carbocycles. The van der Waals surface area contributed by atoms with E-state index in [1.54, 1.807) is 38.1 Å². The Labute approximate surface area is 206 Å². The molecular formula is C26H24N2O8. The molecule has 0 heterocycles. The molecule has 3 aromatic carbocycles. The zero-order valence-electron chi connectivity index (χ0n) is 19.5. The monoisotopic (exact) mass is 492 g/mol. The lowest BCUT2D eigenvalue weighted by Crippen LogP contribution is -2.10. The van der Waals surface area contributed by atoms with Crippen molar-refractivity contribution >= 4 is 46.6 Å². The number of aromatic carboxylic acids is 2. The molecule has 3 aromatic rings. The topological polar surface area (TPSA) is 151 Å². The summed E-state index contributed by atoms with van der Waals surface area (Å²) in [7, 11) is 0. The van der Waals surface area contributed by atoms with E-state index in [1.807, 2.05) is 0 Å². The number of esters is 2. The van der Waals surface area contributed by atoms with Crippen molar-refractivity contribution in [2.45, 2.75) is 13.8 Å². The Balaban J connectivity index is 1.91. The van der Waals surface area contributed by atoms with Gasteiger partial charge in [-0.15, -0.1) is 0 Å². The highest BCUT2D eigenvalue weighted by Gasteiger charge is 2.20. The maximum Gasteiger partial charge on any atom is 0.338 e. The molecule has 10 heteroatoms. The van der Waals surface area contributed by atoms with Crippen LogP contribution in [0.2, 0.25) is 0 Å². The van der Waals surface area contributed by atoms with Gasteiger partial charge in [0.2, 0.25) is 0 Å². The van der Waals surface area contributed by atoms with Crippen molar-refractivity contribution in [1.29, 1.82) is 0 Å². The Bertz CT molecular complexity index is 1180. The molecule has 0 saturated heterocycles. The van der Waals surface area contributed by atoms with Crippen molar-refractivity contribution in [1.82, 2.24) is 0 Å². The summed E-state index contributed by atoms with van der Waals surface area (Å²) in [5, 5.41) is 25.3. The van der Waals surface area contributed by atoms with Gasteiger partial charge in [0.15, 0.2) is 0 Å². The maximum absolute atomic E-state index is 12.0. The Morgan fingerprint density at radius 1 is 0.639 bits per heavy atom. The average molecular weight is 492 g/mol. The van der Waals surface area contributed by atoms with Gasteiger partial charge in [-0.25, -0.2) is 19.2 Å². The van der Waals surface area contributed by atoms with Gasteiger partial charge in [0.1, 0.15) is 0 Å². The molecule has 4 N–H and O–H groups in total. The van der Waals surface area contributed by atoms with Crippen molar-refractivity contribution in [3.8, 4) is 0 Å². The zero-order chi connectivity index (χ0) is 26.2. The number of carbonyl (C=O) groups is 4. The number of hydrogen-bond donors (Lipinski definition) is 4. The summed E-state index contributed by atoms with van der Waals surface area (Å²) < 4.78 is 9.88. The second kappa shape index (κ2) is 11.5. The van der Waals surface area contributed by atoms with Gasteiger partial charge in [0.25, 0.3) is 0 Å². The first-order valence-corrected chi connectivity index (χ1v) is 11.0. The summed E-state index contributed by atoms with van der Waals surface area (Å²) >= 11 is 0. The minimum absolute atomic E-state index is 0.0481. The molecule has 0 spiro atoms. The van der Waals surface area contributed by atoms with Gasteiger partial charge in [0.05, 0.1) is 46.8 Å². The predicted octanol–water partition coefficient (Wildman–Crippen LogP) is 4.92. The molecule has 36 heavy (non-hydrogen) atoms. The van der Waals surface area contributed by atoms with Gasteiger partial charge in [-0.1, -0.05) is 0 Å². The Kier molecular flexibility index (Phi) is 8.24. The fourth-order valence-electron chi connectivity index (χ4n) is 3.28. The fourth-order valence-corrected chi connectivity index (χ4v) is 3.28. The molecule has 0 aliphatic heterocycles. The van der Waals surface area contributed by atoms with E-state index in [2.05, 4.69) is 10.6 Å². The minimum atomic E-state index is -1.28. The van der Waals surface area contributed by atoms with Crippen LogP contribution in [-0.4, -0.2) is 47.3 Å². The molecule has 0 atom stereocenters. The SMILES string of the molecule is CCOC(=O)c1ccc(Nc2cc(C(=O)O)c(Nc3ccc(C(=O)OCC)cc3)cc2C(=O)O)cc1. The molecule has 3 rings (SSSR count). The lowest BCUT2D eigenvalue weighted by atomic mass is 10.0. The maximum atomic E-state index is 12.0. The van der Waals surface area contributed by atoms with Crippen LogP contribution in [0.25, 0.3) is 0 Å². The smallest absolute Gasteiger partial charge is 0.338 e. The van der Waals surface area contributed by atoms with Crippen LogP contribution in [-0.2, 0) is 9.47 Å². The number of benzene rings is 3. The molecule has 0 fully saturated rings. The van der Waals surface area contributed by atoms with Gasteiger partial charge in [-0.05, 0) is 74.5 Å². The molecule has 0 bridgehead atoms. The molecular weight excluding hydrogens is 468 g/mol. The molecule has 0 unspecified atom stereocenters. The Morgan fingerprint density at radius 3 is 1.25 bits per heavy atom. The Hall–Kier alpha value is -4.86. The highest BCUT2D eigenvalue weighted by Crippen LogP contribution is 2.31. The summed E-state index contributed by atoms with van der Waals surface area (Å²) in [6.07, 6.45) is 0. The van der Waals surface area contributed by atoms with E-state index in [0.29, 0.717) is 22.5 Å². The fraction of sp³-hybridized carbons (Fsp3) is 0.154. The highest BCUT2D eigenvalue weighted by atomic mass is 16.5. The third-order valence-electron chi connectivity index (χ3n) is 4.97. The van der Waals surface area contributed by atoms with E-state index in [4.69, 9.17) is 9.47 Å². The van der Waals surface area contributed by atoms with Crippen LogP contribution < -0.4 is 10.6 Å². The van der Waals surface area contributed by atoms with Crippen LogP contribution in [0.5, 0.6) is 0 Å². The van der Waals surface area contributed by atoms with E-state index in [9.17, 15) is 29.4 Å². The van der Waals surface area contributed by atoms with E-state index in [-0.39, 0.29) is 35.7 Å². The zero-order valence-corrected chi connectivity index (χ0v) is 19.5. The summed E-state index contributed by atoms with van der Waals surface area (Å²) in [5.74, 6) is -3.54. The highest BCUT2D eigenvalue weighted by molar-refractivity contribution is 6.03. The molecule has 186 valence electrons. The molecule has 10 nitrogen and oxygen atoms in total. The van der Waals surface area contributed by atoms with Crippen molar-refractivity contribution in [2.24, 2.45) is 0 Å². The largest absolute Gasteiger partial charge is 0.478 e. The normalized spacial score (nSPS) is 10.3. The summed E-state index contributed by atoms with van der Waals surface area (Å²) in [6.45, 7) is 3.85. The van der Waals surface area contributed by atoms with Crippen molar-refractivity contribution in [3.05, 3.63) is 82.9 Å². The molecule has 0 aliphatic rings. The number of rotatable bonds is 10. The van der Waals surface area contributed by atoms with Gasteiger partial charge >= 0.3 is 23.9 Å². The van der Waals surface area contributed by atoms with E-state index >= 15 is 0 Å². The minimum Gasteiger partial charge on any atom is -0.478 e. The van der Waals surface area contributed by atoms with Crippen LogP contribution in [0.3, 0.4) is 0 Å². The van der Waals surface area contributed by atoms with Crippen LogP contribution in [0.4, 0.5) is 22.7 Å². The van der Waals surface area contributed by atoms with Gasteiger partial charge in [-0.2, -0.15) is 0 Å². The standard InChI is InChI=1S/C26H24N2O8/c1-3-35-25(33)15-5-9-17(10-6-15)27-21-13-20(24(31)32)22(14-19(21)23(29)30)28-18-11-7-16(8-12-18)26(34)36-4-2/h5-14,27-28H,3-4H2,1-2H3,(H,29,30)(H,31,32). The summed E-state index contributed by atoms with van der Waals surface area (Å²) in [4.78, 5) is 47.6. The van der Waals surface area contributed by atoms with Crippen molar-refractivity contribution < 1.29 is 38.9 Å². The summed E-state index contributed by atoms with van der Waals surface area (Å²) in [5.41, 5.74) is 1.26. The van der Waals surface area contributed by atoms with Gasteiger partial charge < -0.3 is 30.3 Å². The van der Waals surface area contributed by atoms with E-state index < -0.39 is 23.9 Å². The number of carboxylic acids is 2. The summed E-state index contributed by atoms with van der Waals surface area (Å²) in [6, 6.07) is 14.7. The lowest BCUT2D eigenvalue weighted by Gasteiger charge is -2.16. The third-order valence-corrected chi connectivity index (χ3v) is 4.97.